The lowest BCUT2D eigenvalue weighted by Crippen LogP contribution is -2.47. The van der Waals surface area contributed by atoms with E-state index >= 15 is 0 Å². The lowest BCUT2D eigenvalue weighted by molar-refractivity contribution is 0.102. The SMILES string of the molecule is CCCN1C(=S)NC(c2ccc(O)c(OCC)c2)C(C(=O)c2ccccc2)=C1C. The maximum absolute atomic E-state index is 13.5. The highest BCUT2D eigenvalue weighted by molar-refractivity contribution is 7.80. The molecule has 152 valence electrons. The molecule has 1 atom stereocenters. The van der Waals surface area contributed by atoms with Gasteiger partial charge in [0.2, 0.25) is 0 Å². The molecular formula is C23H26N2O3S. The van der Waals surface area contributed by atoms with Crippen LogP contribution in [0.3, 0.4) is 0 Å². The van der Waals surface area contributed by atoms with Crippen molar-refractivity contribution >= 4 is 23.1 Å². The third-order valence-corrected chi connectivity index (χ3v) is 5.28. The normalized spacial score (nSPS) is 16.6. The Balaban J connectivity index is 2.12. The second-order valence-electron chi connectivity index (χ2n) is 6.89. The van der Waals surface area contributed by atoms with E-state index in [1.165, 1.54) is 0 Å². The summed E-state index contributed by atoms with van der Waals surface area (Å²) < 4.78 is 5.54. The molecule has 1 aliphatic heterocycles. The molecule has 0 aliphatic carbocycles. The number of phenols is 1. The first-order chi connectivity index (χ1) is 14.0. The fourth-order valence-corrected chi connectivity index (χ4v) is 3.89. The van der Waals surface area contributed by atoms with Crippen LogP contribution >= 0.6 is 12.2 Å². The molecular weight excluding hydrogens is 384 g/mol. The average Bonchev–Trinajstić information content (AvgIpc) is 2.73. The molecule has 0 bridgehead atoms. The number of aromatic hydroxyl groups is 1. The number of rotatable bonds is 7. The Morgan fingerprint density at radius 2 is 1.93 bits per heavy atom. The minimum Gasteiger partial charge on any atom is -0.504 e. The fourth-order valence-electron chi connectivity index (χ4n) is 3.54. The van der Waals surface area contributed by atoms with Crippen LogP contribution < -0.4 is 10.1 Å². The van der Waals surface area contributed by atoms with E-state index in [4.69, 9.17) is 17.0 Å². The summed E-state index contributed by atoms with van der Waals surface area (Å²) in [6.07, 6.45) is 0.907. The van der Waals surface area contributed by atoms with Gasteiger partial charge in [-0.05, 0) is 50.2 Å². The van der Waals surface area contributed by atoms with Crippen molar-refractivity contribution in [2.45, 2.75) is 33.2 Å². The number of ketones is 1. The fraction of sp³-hybridized carbons (Fsp3) is 0.304. The maximum atomic E-state index is 13.5. The number of phenolic OH excluding ortho intramolecular Hbond substituents is 1. The highest BCUT2D eigenvalue weighted by Crippen LogP contribution is 2.36. The van der Waals surface area contributed by atoms with E-state index < -0.39 is 6.04 Å². The van der Waals surface area contributed by atoms with E-state index in [-0.39, 0.29) is 11.5 Å². The van der Waals surface area contributed by atoms with Crippen molar-refractivity contribution < 1.29 is 14.6 Å². The van der Waals surface area contributed by atoms with E-state index in [0.29, 0.717) is 28.6 Å². The van der Waals surface area contributed by atoms with Gasteiger partial charge in [0, 0.05) is 23.4 Å². The molecule has 1 unspecified atom stereocenters. The molecule has 1 aliphatic rings. The van der Waals surface area contributed by atoms with E-state index in [1.807, 2.05) is 49.1 Å². The van der Waals surface area contributed by atoms with Crippen LogP contribution in [0.2, 0.25) is 0 Å². The van der Waals surface area contributed by atoms with Crippen LogP contribution in [0.1, 0.15) is 49.2 Å². The smallest absolute Gasteiger partial charge is 0.193 e. The zero-order valence-corrected chi connectivity index (χ0v) is 17.8. The molecule has 0 aromatic heterocycles. The van der Waals surface area contributed by atoms with Crippen LogP contribution in [0.15, 0.2) is 59.8 Å². The lowest BCUT2D eigenvalue weighted by atomic mass is 9.89. The van der Waals surface area contributed by atoms with Crippen LogP contribution in [-0.2, 0) is 0 Å². The summed E-state index contributed by atoms with van der Waals surface area (Å²) in [5.41, 5.74) is 2.93. The quantitative estimate of drug-likeness (QED) is 0.514. The van der Waals surface area contributed by atoms with Gasteiger partial charge in [-0.1, -0.05) is 43.3 Å². The molecule has 5 nitrogen and oxygen atoms in total. The van der Waals surface area contributed by atoms with Crippen molar-refractivity contribution in [3.63, 3.8) is 0 Å². The summed E-state index contributed by atoms with van der Waals surface area (Å²) in [6, 6.07) is 14.0. The minimum absolute atomic E-state index is 0.0461. The highest BCUT2D eigenvalue weighted by Gasteiger charge is 2.34. The standard InChI is InChI=1S/C23H26N2O3S/c1-4-13-25-15(3)20(22(27)16-9-7-6-8-10-16)21(24-23(25)29)17-11-12-18(26)19(14-17)28-5-2/h6-12,14,21,26H,4-5,13H2,1-3H3,(H,24,29). The van der Waals surface area contributed by atoms with Crippen LogP contribution in [0.5, 0.6) is 11.5 Å². The van der Waals surface area contributed by atoms with Gasteiger partial charge in [-0.3, -0.25) is 4.79 Å². The molecule has 0 fully saturated rings. The Hall–Kier alpha value is -2.86. The minimum atomic E-state index is -0.428. The van der Waals surface area contributed by atoms with Crippen molar-refractivity contribution in [2.24, 2.45) is 0 Å². The average molecular weight is 411 g/mol. The summed E-state index contributed by atoms with van der Waals surface area (Å²) in [5.74, 6) is 0.409. The highest BCUT2D eigenvalue weighted by atomic mass is 32.1. The number of nitrogens with one attached hydrogen (secondary N) is 1. The first-order valence-corrected chi connectivity index (χ1v) is 10.2. The van der Waals surface area contributed by atoms with E-state index in [1.54, 1.807) is 18.2 Å². The van der Waals surface area contributed by atoms with E-state index in [9.17, 15) is 9.90 Å². The second-order valence-corrected chi connectivity index (χ2v) is 7.28. The molecule has 2 aromatic rings. The first kappa shape index (κ1) is 20.9. The van der Waals surface area contributed by atoms with Crippen molar-refractivity contribution in [3.05, 3.63) is 70.9 Å². The van der Waals surface area contributed by atoms with Crippen molar-refractivity contribution in [1.82, 2.24) is 10.2 Å². The van der Waals surface area contributed by atoms with Crippen LogP contribution in [0.4, 0.5) is 0 Å². The summed E-state index contributed by atoms with van der Waals surface area (Å²) >= 11 is 5.60. The Labute approximate surface area is 177 Å². The number of hydrogen-bond donors (Lipinski definition) is 2. The zero-order valence-electron chi connectivity index (χ0n) is 16.9. The van der Waals surface area contributed by atoms with E-state index in [2.05, 4.69) is 12.2 Å². The largest absolute Gasteiger partial charge is 0.504 e. The zero-order chi connectivity index (χ0) is 21.0. The van der Waals surface area contributed by atoms with Crippen LogP contribution in [0.25, 0.3) is 0 Å². The van der Waals surface area contributed by atoms with Crippen LogP contribution in [-0.4, -0.2) is 34.1 Å². The number of nitrogens with zero attached hydrogens (tertiary/aromatic N) is 1. The molecule has 0 radical (unpaired) electrons. The number of benzene rings is 2. The van der Waals surface area contributed by atoms with Gasteiger partial charge in [0.1, 0.15) is 0 Å². The summed E-state index contributed by atoms with van der Waals surface area (Å²) in [4.78, 5) is 15.5. The Morgan fingerprint density at radius 1 is 1.21 bits per heavy atom. The topological polar surface area (TPSA) is 61.8 Å². The number of thiocarbonyl (C=S) groups is 1. The summed E-state index contributed by atoms with van der Waals surface area (Å²) in [7, 11) is 0. The van der Waals surface area contributed by atoms with Gasteiger partial charge in [-0.2, -0.15) is 0 Å². The molecule has 2 N–H and O–H groups in total. The predicted molar refractivity (Wildman–Crippen MR) is 118 cm³/mol. The van der Waals surface area contributed by atoms with Crippen molar-refractivity contribution in [2.75, 3.05) is 13.2 Å². The molecule has 3 rings (SSSR count). The van der Waals surface area contributed by atoms with Crippen molar-refractivity contribution in [1.29, 1.82) is 0 Å². The van der Waals surface area contributed by atoms with Gasteiger partial charge in [-0.25, -0.2) is 0 Å². The Morgan fingerprint density at radius 3 is 2.59 bits per heavy atom. The predicted octanol–water partition coefficient (Wildman–Crippen LogP) is 4.59. The van der Waals surface area contributed by atoms with Gasteiger partial charge < -0.3 is 20.1 Å². The van der Waals surface area contributed by atoms with Gasteiger partial charge in [0.15, 0.2) is 22.4 Å². The monoisotopic (exact) mass is 410 g/mol. The molecule has 6 heteroatoms. The Kier molecular flexibility index (Phi) is 6.54. The molecule has 0 amide bonds. The number of ether oxygens (including phenoxy) is 1. The molecule has 0 spiro atoms. The summed E-state index contributed by atoms with van der Waals surface area (Å²) in [6.45, 7) is 7.04. The molecule has 1 heterocycles. The maximum Gasteiger partial charge on any atom is 0.193 e. The van der Waals surface area contributed by atoms with Gasteiger partial charge in [-0.15, -0.1) is 0 Å². The number of Topliss-reactive ketones (excluding diaryl/α,β-unsaturated/α-hetero) is 1. The van der Waals surface area contributed by atoms with Crippen molar-refractivity contribution in [3.8, 4) is 11.5 Å². The number of hydrogen-bond acceptors (Lipinski definition) is 4. The molecule has 2 aromatic carbocycles. The third-order valence-electron chi connectivity index (χ3n) is 4.94. The number of carbonyl (C=O) groups is 1. The second kappa shape index (κ2) is 9.09. The molecule has 29 heavy (non-hydrogen) atoms. The number of carbonyl (C=O) groups excluding carboxylic acids is 1. The first-order valence-electron chi connectivity index (χ1n) is 9.82. The van der Waals surface area contributed by atoms with E-state index in [0.717, 1.165) is 24.2 Å². The van der Waals surface area contributed by atoms with Gasteiger partial charge in [0.05, 0.1) is 12.6 Å². The van der Waals surface area contributed by atoms with Crippen LogP contribution in [0, 0.1) is 0 Å². The summed E-state index contributed by atoms with van der Waals surface area (Å²) in [5, 5.41) is 14.0. The van der Waals surface area contributed by atoms with Gasteiger partial charge in [0.25, 0.3) is 0 Å². The molecule has 0 saturated carbocycles. The Bertz CT molecular complexity index is 940. The number of allylic oxidation sites excluding steroid dienone is 1. The van der Waals surface area contributed by atoms with Gasteiger partial charge >= 0.3 is 0 Å². The lowest BCUT2D eigenvalue weighted by Gasteiger charge is -2.38. The third kappa shape index (κ3) is 4.27. The molecule has 0 saturated heterocycles.